The minimum atomic E-state index is -0.434. The summed E-state index contributed by atoms with van der Waals surface area (Å²) in [6, 6.07) is 11.9. The molecule has 0 aliphatic heterocycles. The van der Waals surface area contributed by atoms with Gasteiger partial charge in [-0.1, -0.05) is 18.2 Å². The predicted octanol–water partition coefficient (Wildman–Crippen LogP) is 3.49. The third kappa shape index (κ3) is 3.30. The van der Waals surface area contributed by atoms with Crippen molar-refractivity contribution in [1.82, 2.24) is 0 Å². The summed E-state index contributed by atoms with van der Waals surface area (Å²) in [7, 11) is 1.35. The highest BCUT2D eigenvalue weighted by Gasteiger charge is 2.11. The molecule has 0 unspecified atom stereocenters. The molecule has 2 aromatic carbocycles. The van der Waals surface area contributed by atoms with E-state index in [-0.39, 0.29) is 11.7 Å². The molecule has 0 fully saturated rings. The zero-order valence-corrected chi connectivity index (χ0v) is 11.7. The number of methoxy groups -OCH3 is 1. The van der Waals surface area contributed by atoms with E-state index in [0.29, 0.717) is 11.3 Å². The molecule has 0 bridgehead atoms. The number of carbonyl (C=O) groups excluding carboxylic acids is 1. The molecule has 0 atom stereocenters. The number of ether oxygens (including phenoxy) is 1. The van der Waals surface area contributed by atoms with Crippen molar-refractivity contribution in [3.05, 3.63) is 59.4 Å². The molecule has 0 saturated heterocycles. The molecule has 2 N–H and O–H groups in total. The van der Waals surface area contributed by atoms with Crippen molar-refractivity contribution in [2.45, 2.75) is 10.6 Å². The maximum Gasteiger partial charge on any atom is 0.338 e. The fourth-order valence-corrected chi connectivity index (χ4v) is 2.64. The van der Waals surface area contributed by atoms with E-state index >= 15 is 0 Å². The van der Waals surface area contributed by atoms with Crippen molar-refractivity contribution in [3.8, 4) is 0 Å². The Labute approximate surface area is 120 Å². The highest BCUT2D eigenvalue weighted by atomic mass is 32.2. The van der Waals surface area contributed by atoms with Crippen molar-refractivity contribution >= 4 is 23.4 Å². The summed E-state index contributed by atoms with van der Waals surface area (Å²) in [6.45, 7) is 0. The number of rotatable bonds is 4. The zero-order chi connectivity index (χ0) is 14.5. The minimum absolute atomic E-state index is 0.129. The summed E-state index contributed by atoms with van der Waals surface area (Å²) in [5.41, 5.74) is 6.94. The van der Waals surface area contributed by atoms with Crippen molar-refractivity contribution in [2.24, 2.45) is 0 Å². The van der Waals surface area contributed by atoms with Crippen molar-refractivity contribution < 1.29 is 13.9 Å². The average molecular weight is 291 g/mol. The maximum atomic E-state index is 13.4. The molecular formula is C15H14FNO2S. The first-order valence-corrected chi connectivity index (χ1v) is 6.94. The van der Waals surface area contributed by atoms with Crippen LogP contribution in [0.2, 0.25) is 0 Å². The molecule has 2 aromatic rings. The quantitative estimate of drug-likeness (QED) is 0.532. The monoisotopic (exact) mass is 291 g/mol. The van der Waals surface area contributed by atoms with Gasteiger partial charge in [-0.15, -0.1) is 11.8 Å². The SMILES string of the molecule is COC(=O)c1ccccc1CSc1ccc(N)c(F)c1. The van der Waals surface area contributed by atoms with Crippen molar-refractivity contribution in [2.75, 3.05) is 12.8 Å². The number of benzene rings is 2. The fraction of sp³-hybridized carbons (Fsp3) is 0.133. The number of halogens is 1. The van der Waals surface area contributed by atoms with E-state index in [0.717, 1.165) is 10.5 Å². The molecule has 0 amide bonds. The molecule has 0 aliphatic carbocycles. The highest BCUT2D eigenvalue weighted by molar-refractivity contribution is 7.98. The van der Waals surface area contributed by atoms with Gasteiger partial charge in [-0.2, -0.15) is 0 Å². The molecule has 0 aliphatic rings. The van der Waals surface area contributed by atoms with Crippen LogP contribution in [0.4, 0.5) is 10.1 Å². The lowest BCUT2D eigenvalue weighted by molar-refractivity contribution is 0.0600. The van der Waals surface area contributed by atoms with Crippen LogP contribution >= 0.6 is 11.8 Å². The largest absolute Gasteiger partial charge is 0.465 e. The molecule has 0 spiro atoms. The van der Waals surface area contributed by atoms with Gasteiger partial charge in [0.2, 0.25) is 0 Å². The Balaban J connectivity index is 2.14. The molecule has 104 valence electrons. The van der Waals surface area contributed by atoms with Gasteiger partial charge in [0.1, 0.15) is 5.82 Å². The molecule has 0 radical (unpaired) electrons. The van der Waals surface area contributed by atoms with Crippen molar-refractivity contribution in [3.63, 3.8) is 0 Å². The molecule has 2 rings (SSSR count). The van der Waals surface area contributed by atoms with Crippen LogP contribution in [0.25, 0.3) is 0 Å². The van der Waals surface area contributed by atoms with Crippen LogP contribution in [0.1, 0.15) is 15.9 Å². The van der Waals surface area contributed by atoms with Gasteiger partial charge < -0.3 is 10.5 Å². The first-order valence-electron chi connectivity index (χ1n) is 5.96. The lowest BCUT2D eigenvalue weighted by atomic mass is 10.1. The molecular weight excluding hydrogens is 277 g/mol. The Morgan fingerprint density at radius 1 is 1.30 bits per heavy atom. The summed E-state index contributed by atoms with van der Waals surface area (Å²) in [5, 5.41) is 0. The van der Waals surface area contributed by atoms with E-state index in [1.165, 1.54) is 31.0 Å². The van der Waals surface area contributed by atoms with Gasteiger partial charge in [0.05, 0.1) is 18.4 Å². The third-order valence-electron chi connectivity index (χ3n) is 2.79. The van der Waals surface area contributed by atoms with Gasteiger partial charge >= 0.3 is 5.97 Å². The lowest BCUT2D eigenvalue weighted by Gasteiger charge is -2.08. The zero-order valence-electron chi connectivity index (χ0n) is 10.9. The Hall–Kier alpha value is -2.01. The van der Waals surface area contributed by atoms with Crippen LogP contribution in [0.5, 0.6) is 0 Å². The average Bonchev–Trinajstić information content (AvgIpc) is 2.48. The second-order valence-corrected chi connectivity index (χ2v) is 5.17. The number of hydrogen-bond donors (Lipinski definition) is 1. The first-order chi connectivity index (χ1) is 9.61. The van der Waals surface area contributed by atoms with Crippen LogP contribution in [0.15, 0.2) is 47.4 Å². The van der Waals surface area contributed by atoms with Crippen LogP contribution in [-0.4, -0.2) is 13.1 Å². The van der Waals surface area contributed by atoms with Crippen LogP contribution in [0.3, 0.4) is 0 Å². The number of esters is 1. The molecule has 3 nitrogen and oxygen atoms in total. The lowest BCUT2D eigenvalue weighted by Crippen LogP contribution is -2.04. The Morgan fingerprint density at radius 3 is 2.75 bits per heavy atom. The smallest absolute Gasteiger partial charge is 0.338 e. The van der Waals surface area contributed by atoms with E-state index in [2.05, 4.69) is 0 Å². The maximum absolute atomic E-state index is 13.4. The number of anilines is 1. The normalized spacial score (nSPS) is 10.3. The second kappa shape index (κ2) is 6.43. The van der Waals surface area contributed by atoms with E-state index in [1.807, 2.05) is 12.1 Å². The second-order valence-electron chi connectivity index (χ2n) is 4.12. The van der Waals surface area contributed by atoms with E-state index in [4.69, 9.17) is 10.5 Å². The Morgan fingerprint density at radius 2 is 2.05 bits per heavy atom. The molecule has 20 heavy (non-hydrogen) atoms. The van der Waals surface area contributed by atoms with Gasteiger partial charge in [0.25, 0.3) is 0 Å². The van der Waals surface area contributed by atoms with Crippen molar-refractivity contribution in [1.29, 1.82) is 0 Å². The molecule has 0 aromatic heterocycles. The number of nitrogens with two attached hydrogens (primary N) is 1. The topological polar surface area (TPSA) is 52.3 Å². The summed E-state index contributed by atoms with van der Waals surface area (Å²) in [5.74, 6) is -0.254. The van der Waals surface area contributed by atoms with Gasteiger partial charge in [-0.3, -0.25) is 0 Å². The number of thioether (sulfide) groups is 1. The van der Waals surface area contributed by atoms with Crippen LogP contribution in [-0.2, 0) is 10.5 Å². The molecule has 0 saturated carbocycles. The number of hydrogen-bond acceptors (Lipinski definition) is 4. The summed E-state index contributed by atoms with van der Waals surface area (Å²) in [4.78, 5) is 12.4. The molecule has 0 heterocycles. The number of carbonyl (C=O) groups is 1. The van der Waals surface area contributed by atoms with E-state index in [9.17, 15) is 9.18 Å². The van der Waals surface area contributed by atoms with Crippen LogP contribution < -0.4 is 5.73 Å². The Kier molecular flexibility index (Phi) is 4.63. The number of nitrogen functional groups attached to an aromatic ring is 1. The Bertz CT molecular complexity index is 631. The van der Waals surface area contributed by atoms with Gasteiger partial charge in [-0.25, -0.2) is 9.18 Å². The van der Waals surface area contributed by atoms with E-state index in [1.54, 1.807) is 18.2 Å². The first kappa shape index (κ1) is 14.4. The van der Waals surface area contributed by atoms with Gasteiger partial charge in [-0.05, 0) is 29.8 Å². The summed E-state index contributed by atoms with van der Waals surface area (Å²) in [6.07, 6.45) is 0. The molecule has 5 heteroatoms. The predicted molar refractivity (Wildman–Crippen MR) is 78.2 cm³/mol. The summed E-state index contributed by atoms with van der Waals surface area (Å²) >= 11 is 1.44. The van der Waals surface area contributed by atoms with Gasteiger partial charge in [0, 0.05) is 10.6 Å². The van der Waals surface area contributed by atoms with Gasteiger partial charge in [0.15, 0.2) is 0 Å². The van der Waals surface area contributed by atoms with Crippen LogP contribution in [0, 0.1) is 5.82 Å². The highest BCUT2D eigenvalue weighted by Crippen LogP contribution is 2.26. The fourth-order valence-electron chi connectivity index (χ4n) is 1.71. The third-order valence-corrected chi connectivity index (χ3v) is 3.83. The summed E-state index contributed by atoms with van der Waals surface area (Å²) < 4.78 is 18.1. The standard InChI is InChI=1S/C15H14FNO2S/c1-19-15(18)12-5-3-2-4-10(12)9-20-11-6-7-14(17)13(16)8-11/h2-8H,9,17H2,1H3. The van der Waals surface area contributed by atoms with E-state index < -0.39 is 5.82 Å². The minimum Gasteiger partial charge on any atom is -0.465 e.